The molecular formula is C12H8FN5O3. The third-order valence-corrected chi connectivity index (χ3v) is 3.25. The maximum absolute atomic E-state index is 13.7. The molecule has 0 saturated heterocycles. The summed E-state index contributed by atoms with van der Waals surface area (Å²) in [6.07, 6.45) is 2.83. The molecule has 106 valence electrons. The maximum atomic E-state index is 13.7. The van der Waals surface area contributed by atoms with Crippen LogP contribution in [0.25, 0.3) is 21.5 Å². The smallest absolute Gasteiger partial charge is 0.341 e. The van der Waals surface area contributed by atoms with Gasteiger partial charge in [-0.15, -0.1) is 0 Å². The van der Waals surface area contributed by atoms with Crippen molar-refractivity contribution in [1.82, 2.24) is 9.55 Å². The third kappa shape index (κ3) is 2.09. The van der Waals surface area contributed by atoms with E-state index in [1.54, 1.807) is 0 Å². The van der Waals surface area contributed by atoms with Crippen molar-refractivity contribution in [2.75, 3.05) is 0 Å². The van der Waals surface area contributed by atoms with Crippen molar-refractivity contribution in [3.8, 4) is 0 Å². The number of aromatic nitrogens is 2. The number of carbonyl (C=O) groups is 1. The summed E-state index contributed by atoms with van der Waals surface area (Å²) in [5.41, 5.74) is 7.26. The second-order valence-electron chi connectivity index (χ2n) is 4.67. The van der Waals surface area contributed by atoms with Crippen LogP contribution >= 0.6 is 0 Å². The topological polar surface area (TPSA) is 121 Å². The van der Waals surface area contributed by atoms with Crippen molar-refractivity contribution in [3.63, 3.8) is 0 Å². The molecule has 0 unspecified atom stereocenters. The summed E-state index contributed by atoms with van der Waals surface area (Å²) >= 11 is 0. The largest absolute Gasteiger partial charge is 0.477 e. The number of aromatic carboxylic acids is 1. The van der Waals surface area contributed by atoms with Gasteiger partial charge in [0.2, 0.25) is 5.43 Å². The molecule has 1 fully saturated rings. The van der Waals surface area contributed by atoms with Crippen molar-refractivity contribution in [1.29, 1.82) is 0 Å². The van der Waals surface area contributed by atoms with E-state index in [1.165, 1.54) is 10.8 Å². The summed E-state index contributed by atoms with van der Waals surface area (Å²) in [4.78, 5) is 29.5. The minimum atomic E-state index is -1.38. The number of carboxylic acid groups (broad SMARTS) is 1. The Morgan fingerprint density at radius 3 is 2.86 bits per heavy atom. The molecule has 1 aliphatic rings. The summed E-state index contributed by atoms with van der Waals surface area (Å²) in [5.74, 6) is -2.82. The van der Waals surface area contributed by atoms with E-state index >= 15 is 0 Å². The number of nitrogens with zero attached hydrogens (tertiary/aromatic N) is 5. The van der Waals surface area contributed by atoms with E-state index in [9.17, 15) is 14.0 Å². The fraction of sp³-hybridized carbons (Fsp3) is 0.250. The molecule has 0 atom stereocenters. The van der Waals surface area contributed by atoms with Gasteiger partial charge in [-0.2, -0.15) is 0 Å². The Morgan fingerprint density at radius 1 is 1.57 bits per heavy atom. The fourth-order valence-corrected chi connectivity index (χ4v) is 2.13. The molecule has 0 bridgehead atoms. The zero-order valence-corrected chi connectivity index (χ0v) is 10.5. The van der Waals surface area contributed by atoms with Crippen LogP contribution < -0.4 is 5.43 Å². The lowest BCUT2D eigenvalue weighted by Crippen LogP contribution is -2.19. The van der Waals surface area contributed by atoms with Crippen molar-refractivity contribution in [2.24, 2.45) is 5.11 Å². The van der Waals surface area contributed by atoms with Gasteiger partial charge in [-0.25, -0.2) is 14.2 Å². The van der Waals surface area contributed by atoms with Gasteiger partial charge in [-0.3, -0.25) is 4.79 Å². The van der Waals surface area contributed by atoms with Crippen molar-refractivity contribution < 1.29 is 14.3 Å². The minimum absolute atomic E-state index is 0.0167. The number of pyridine rings is 2. The summed E-state index contributed by atoms with van der Waals surface area (Å²) in [5, 5.41) is 12.1. The molecule has 21 heavy (non-hydrogen) atoms. The van der Waals surface area contributed by atoms with E-state index in [-0.39, 0.29) is 17.1 Å². The number of carboxylic acids is 1. The second-order valence-corrected chi connectivity index (χ2v) is 4.67. The van der Waals surface area contributed by atoms with E-state index in [2.05, 4.69) is 15.0 Å². The van der Waals surface area contributed by atoms with Gasteiger partial charge in [-0.05, 0) is 29.6 Å². The molecule has 1 N–H and O–H groups in total. The highest BCUT2D eigenvalue weighted by Gasteiger charge is 2.28. The van der Waals surface area contributed by atoms with Crippen LogP contribution in [0.5, 0.6) is 0 Å². The fourth-order valence-electron chi connectivity index (χ4n) is 2.13. The van der Waals surface area contributed by atoms with Crippen molar-refractivity contribution in [3.05, 3.63) is 44.3 Å². The maximum Gasteiger partial charge on any atom is 0.341 e. The SMILES string of the molecule is [N-]=[N+]=Nc1nc2c(cc1F)c(=O)c(C(=O)O)cn2C1CC1. The van der Waals surface area contributed by atoms with Crippen LogP contribution in [0.3, 0.4) is 0 Å². The molecule has 0 amide bonds. The lowest BCUT2D eigenvalue weighted by atomic mass is 10.2. The molecule has 0 aliphatic heterocycles. The minimum Gasteiger partial charge on any atom is -0.477 e. The number of hydrogen-bond acceptors (Lipinski definition) is 4. The first-order valence-corrected chi connectivity index (χ1v) is 6.06. The summed E-state index contributed by atoms with van der Waals surface area (Å²) in [6, 6.07) is 0.878. The van der Waals surface area contributed by atoms with Gasteiger partial charge in [0, 0.05) is 17.2 Å². The van der Waals surface area contributed by atoms with E-state index in [0.29, 0.717) is 0 Å². The molecule has 8 nitrogen and oxygen atoms in total. The number of azide groups is 1. The number of fused-ring (bicyclic) bond motifs is 1. The van der Waals surface area contributed by atoms with Gasteiger partial charge in [0.1, 0.15) is 11.2 Å². The molecule has 0 spiro atoms. The molecule has 9 heteroatoms. The Hall–Kier alpha value is -2.93. The Bertz CT molecular complexity index is 881. The Kier molecular flexibility index (Phi) is 2.84. The van der Waals surface area contributed by atoms with Gasteiger partial charge in [0.25, 0.3) is 0 Å². The summed E-state index contributed by atoms with van der Waals surface area (Å²) in [6.45, 7) is 0. The Labute approximate surface area is 116 Å². The molecule has 2 aromatic rings. The van der Waals surface area contributed by atoms with E-state index in [1.807, 2.05) is 0 Å². The van der Waals surface area contributed by atoms with Crippen LogP contribution in [0.1, 0.15) is 29.2 Å². The number of rotatable bonds is 3. The molecule has 0 radical (unpaired) electrons. The highest BCUT2D eigenvalue weighted by molar-refractivity contribution is 5.92. The van der Waals surface area contributed by atoms with Gasteiger partial charge < -0.3 is 9.67 Å². The van der Waals surface area contributed by atoms with Crippen molar-refractivity contribution >= 4 is 22.8 Å². The van der Waals surface area contributed by atoms with E-state index < -0.39 is 28.6 Å². The lowest BCUT2D eigenvalue weighted by Gasteiger charge is -2.11. The molecular weight excluding hydrogens is 281 g/mol. The molecule has 2 aromatic heterocycles. The quantitative estimate of drug-likeness (QED) is 0.530. The van der Waals surface area contributed by atoms with Crippen LogP contribution in [0, 0.1) is 5.82 Å². The highest BCUT2D eigenvalue weighted by atomic mass is 19.1. The van der Waals surface area contributed by atoms with Crippen LogP contribution in [0.2, 0.25) is 0 Å². The van der Waals surface area contributed by atoms with Crippen LogP contribution in [0.15, 0.2) is 22.2 Å². The molecule has 0 aromatic carbocycles. The van der Waals surface area contributed by atoms with Crippen LogP contribution in [0.4, 0.5) is 10.2 Å². The van der Waals surface area contributed by atoms with Gasteiger partial charge in [0.05, 0.1) is 5.39 Å². The third-order valence-electron chi connectivity index (χ3n) is 3.25. The lowest BCUT2D eigenvalue weighted by molar-refractivity contribution is 0.0695. The number of hydrogen-bond donors (Lipinski definition) is 1. The zero-order valence-electron chi connectivity index (χ0n) is 10.5. The Morgan fingerprint density at radius 2 is 2.29 bits per heavy atom. The number of halogens is 1. The predicted molar refractivity (Wildman–Crippen MR) is 70.0 cm³/mol. The van der Waals surface area contributed by atoms with E-state index in [4.69, 9.17) is 10.6 Å². The highest BCUT2D eigenvalue weighted by Crippen LogP contribution is 2.37. The zero-order chi connectivity index (χ0) is 15.1. The predicted octanol–water partition coefficient (Wildman–Crippen LogP) is 2.51. The summed E-state index contributed by atoms with van der Waals surface area (Å²) < 4.78 is 15.3. The Balaban J connectivity index is 2.43. The average Bonchev–Trinajstić information content (AvgIpc) is 3.25. The molecule has 1 saturated carbocycles. The first-order valence-electron chi connectivity index (χ1n) is 6.06. The molecule has 1 aliphatic carbocycles. The van der Waals surface area contributed by atoms with Crippen molar-refractivity contribution in [2.45, 2.75) is 18.9 Å². The second kappa shape index (κ2) is 4.57. The van der Waals surface area contributed by atoms with Crippen LogP contribution in [-0.2, 0) is 0 Å². The first-order chi connectivity index (χ1) is 10.0. The summed E-state index contributed by atoms with van der Waals surface area (Å²) in [7, 11) is 0. The normalized spacial score (nSPS) is 14.0. The van der Waals surface area contributed by atoms with Crippen LogP contribution in [-0.4, -0.2) is 20.6 Å². The van der Waals surface area contributed by atoms with Gasteiger partial charge in [0.15, 0.2) is 11.6 Å². The van der Waals surface area contributed by atoms with Gasteiger partial charge >= 0.3 is 5.97 Å². The van der Waals surface area contributed by atoms with Gasteiger partial charge in [-0.1, -0.05) is 0 Å². The molecule has 2 heterocycles. The van der Waals surface area contributed by atoms with E-state index in [0.717, 1.165) is 18.9 Å². The monoisotopic (exact) mass is 289 g/mol. The molecule has 3 rings (SSSR count). The standard InChI is InChI=1S/C12H8FN5O3/c13-8-3-6-9(19)7(12(20)21)4-18(5-1-2-5)11(6)15-10(8)16-17-14/h3-5H,1-2H2,(H,20,21). The first kappa shape index (κ1) is 13.1. The average molecular weight is 289 g/mol.